The van der Waals surface area contributed by atoms with Crippen LogP contribution in [-0.2, 0) is 16.0 Å². The molecule has 10 heteroatoms. The number of nitrogens with zero attached hydrogens (tertiary/aromatic N) is 4. The van der Waals surface area contributed by atoms with Crippen molar-refractivity contribution < 1.29 is 19.1 Å². The van der Waals surface area contributed by atoms with Crippen molar-refractivity contribution in [3.8, 4) is 0 Å². The average molecular weight is 393 g/mol. The number of aromatic amines is 1. The number of methoxy groups -OCH3 is 1. The standard InChI is InChI=1S/C17H23N5O4S/c1-9-13(16(24)25-4)10(2)18-14(9)15(23)11(3)27-17-19-20-21-22(17)8-12-6-5-7-26-12/h11-12,18H,5-8H2,1-4H3/t11-,12-/m0/s1. The molecule has 0 unspecified atom stereocenters. The number of hydrogen-bond acceptors (Lipinski definition) is 8. The van der Waals surface area contributed by atoms with Gasteiger partial charge < -0.3 is 14.5 Å². The van der Waals surface area contributed by atoms with Gasteiger partial charge in [-0.05, 0) is 49.6 Å². The van der Waals surface area contributed by atoms with Gasteiger partial charge in [0.25, 0.3) is 0 Å². The quantitative estimate of drug-likeness (QED) is 0.431. The number of ether oxygens (including phenoxy) is 2. The van der Waals surface area contributed by atoms with Crippen molar-refractivity contribution in [1.82, 2.24) is 25.2 Å². The first-order valence-electron chi connectivity index (χ1n) is 8.78. The summed E-state index contributed by atoms with van der Waals surface area (Å²) in [6.07, 6.45) is 2.13. The number of ketones is 1. The molecular weight excluding hydrogens is 370 g/mol. The summed E-state index contributed by atoms with van der Waals surface area (Å²) >= 11 is 1.29. The number of Topliss-reactive ketones (excluding diaryl/α,β-unsaturated/α-hetero) is 1. The van der Waals surface area contributed by atoms with Gasteiger partial charge >= 0.3 is 5.97 Å². The van der Waals surface area contributed by atoms with E-state index in [1.165, 1.54) is 18.9 Å². The molecule has 3 heterocycles. The monoisotopic (exact) mass is 393 g/mol. The van der Waals surface area contributed by atoms with E-state index in [9.17, 15) is 9.59 Å². The normalized spacial score (nSPS) is 17.9. The fraction of sp³-hybridized carbons (Fsp3) is 0.588. The molecule has 0 bridgehead atoms. The minimum absolute atomic E-state index is 0.106. The fourth-order valence-corrected chi connectivity index (χ4v) is 4.05. The summed E-state index contributed by atoms with van der Waals surface area (Å²) in [6, 6.07) is 0. The highest BCUT2D eigenvalue weighted by Gasteiger charge is 2.27. The van der Waals surface area contributed by atoms with Gasteiger partial charge in [0.1, 0.15) is 0 Å². The Hall–Kier alpha value is -2.20. The number of aromatic nitrogens is 5. The van der Waals surface area contributed by atoms with Crippen molar-refractivity contribution in [1.29, 1.82) is 0 Å². The summed E-state index contributed by atoms with van der Waals surface area (Å²) in [4.78, 5) is 27.9. The molecule has 3 rings (SSSR count). The molecule has 1 saturated heterocycles. The van der Waals surface area contributed by atoms with E-state index in [4.69, 9.17) is 9.47 Å². The van der Waals surface area contributed by atoms with Crippen LogP contribution in [0.1, 0.15) is 51.9 Å². The molecular formula is C17H23N5O4S. The molecule has 146 valence electrons. The van der Waals surface area contributed by atoms with Crippen LogP contribution in [-0.4, -0.2) is 62.0 Å². The lowest BCUT2D eigenvalue weighted by Crippen LogP contribution is -2.19. The van der Waals surface area contributed by atoms with E-state index in [2.05, 4.69) is 20.5 Å². The van der Waals surface area contributed by atoms with E-state index < -0.39 is 11.2 Å². The first-order valence-corrected chi connectivity index (χ1v) is 9.66. The number of rotatable bonds is 7. The van der Waals surface area contributed by atoms with Crippen LogP contribution < -0.4 is 0 Å². The summed E-state index contributed by atoms with van der Waals surface area (Å²) in [5, 5.41) is 11.9. The number of esters is 1. The predicted molar refractivity (Wildman–Crippen MR) is 98.0 cm³/mol. The van der Waals surface area contributed by atoms with Crippen LogP contribution >= 0.6 is 11.8 Å². The topological polar surface area (TPSA) is 112 Å². The van der Waals surface area contributed by atoms with E-state index in [1.54, 1.807) is 25.5 Å². The smallest absolute Gasteiger partial charge is 0.339 e. The largest absolute Gasteiger partial charge is 0.465 e. The third-order valence-electron chi connectivity index (χ3n) is 4.62. The van der Waals surface area contributed by atoms with Crippen LogP contribution in [0.2, 0.25) is 0 Å². The number of aryl methyl sites for hydroxylation is 1. The zero-order chi connectivity index (χ0) is 19.6. The highest BCUT2D eigenvalue weighted by molar-refractivity contribution is 8.00. The maximum Gasteiger partial charge on any atom is 0.339 e. The van der Waals surface area contributed by atoms with Crippen molar-refractivity contribution >= 4 is 23.5 Å². The number of thioether (sulfide) groups is 1. The molecule has 1 fully saturated rings. The summed E-state index contributed by atoms with van der Waals surface area (Å²) in [7, 11) is 1.32. The van der Waals surface area contributed by atoms with Crippen molar-refractivity contribution in [2.75, 3.05) is 13.7 Å². The van der Waals surface area contributed by atoms with E-state index in [0.29, 0.717) is 34.2 Å². The third kappa shape index (κ3) is 4.06. The molecule has 9 nitrogen and oxygen atoms in total. The molecule has 1 N–H and O–H groups in total. The lowest BCUT2D eigenvalue weighted by atomic mass is 10.1. The molecule has 1 aliphatic rings. The highest BCUT2D eigenvalue weighted by Crippen LogP contribution is 2.27. The summed E-state index contributed by atoms with van der Waals surface area (Å²) in [5.41, 5.74) is 2.02. The van der Waals surface area contributed by atoms with Crippen molar-refractivity contribution in [3.05, 3.63) is 22.5 Å². The molecule has 1 aliphatic heterocycles. The van der Waals surface area contributed by atoms with E-state index >= 15 is 0 Å². The van der Waals surface area contributed by atoms with Gasteiger partial charge in [-0.15, -0.1) is 5.10 Å². The Morgan fingerprint density at radius 2 is 2.22 bits per heavy atom. The number of H-pyrrole nitrogens is 1. The Kier molecular flexibility index (Phi) is 5.95. The van der Waals surface area contributed by atoms with Gasteiger partial charge in [-0.1, -0.05) is 11.8 Å². The SMILES string of the molecule is COC(=O)c1c(C)[nH]c(C(=O)[C@H](C)Sc2nnnn2C[C@@H]2CCCO2)c1C. The first kappa shape index (κ1) is 19.6. The second-order valence-corrected chi connectivity index (χ2v) is 7.83. The molecule has 0 amide bonds. The minimum atomic E-state index is -0.457. The van der Waals surface area contributed by atoms with Crippen LogP contribution in [0, 0.1) is 13.8 Å². The second kappa shape index (κ2) is 8.22. The highest BCUT2D eigenvalue weighted by atomic mass is 32.2. The molecule has 2 aromatic rings. The Bertz CT molecular complexity index is 840. The van der Waals surface area contributed by atoms with Gasteiger partial charge in [0, 0.05) is 12.3 Å². The number of nitrogens with one attached hydrogen (secondary N) is 1. The van der Waals surface area contributed by atoms with Crippen LogP contribution in [0.5, 0.6) is 0 Å². The average Bonchev–Trinajstić information content (AvgIpc) is 3.37. The molecule has 0 saturated carbocycles. The Morgan fingerprint density at radius 3 is 2.89 bits per heavy atom. The summed E-state index contributed by atoms with van der Waals surface area (Å²) in [6.45, 7) is 6.62. The lowest BCUT2D eigenvalue weighted by Gasteiger charge is -2.12. The Balaban J connectivity index is 1.74. The second-order valence-electron chi connectivity index (χ2n) is 6.52. The Labute approximate surface area is 161 Å². The van der Waals surface area contributed by atoms with Crippen LogP contribution in [0.25, 0.3) is 0 Å². The van der Waals surface area contributed by atoms with Crippen molar-refractivity contribution in [3.63, 3.8) is 0 Å². The zero-order valence-corrected chi connectivity index (χ0v) is 16.6. The van der Waals surface area contributed by atoms with Crippen molar-refractivity contribution in [2.45, 2.75) is 56.7 Å². The van der Waals surface area contributed by atoms with E-state index in [-0.39, 0.29) is 11.9 Å². The molecule has 0 aliphatic carbocycles. The number of carbonyl (C=O) groups is 2. The van der Waals surface area contributed by atoms with Gasteiger partial charge in [-0.2, -0.15) is 0 Å². The number of carbonyl (C=O) groups excluding carboxylic acids is 2. The van der Waals surface area contributed by atoms with Crippen LogP contribution in [0.4, 0.5) is 0 Å². The van der Waals surface area contributed by atoms with Crippen LogP contribution in [0.3, 0.4) is 0 Å². The van der Waals surface area contributed by atoms with Gasteiger partial charge in [0.2, 0.25) is 5.16 Å². The van der Waals surface area contributed by atoms with Gasteiger partial charge in [0.05, 0.1) is 36.3 Å². The maximum absolute atomic E-state index is 12.9. The molecule has 0 radical (unpaired) electrons. The lowest BCUT2D eigenvalue weighted by molar-refractivity contribution is 0.0599. The van der Waals surface area contributed by atoms with Gasteiger partial charge in [-0.25, -0.2) is 9.48 Å². The minimum Gasteiger partial charge on any atom is -0.465 e. The molecule has 27 heavy (non-hydrogen) atoms. The maximum atomic E-state index is 12.9. The van der Waals surface area contributed by atoms with E-state index in [0.717, 1.165) is 19.4 Å². The van der Waals surface area contributed by atoms with Crippen LogP contribution in [0.15, 0.2) is 5.16 Å². The number of hydrogen-bond donors (Lipinski definition) is 1. The first-order chi connectivity index (χ1) is 12.9. The molecule has 2 aromatic heterocycles. The summed E-state index contributed by atoms with van der Waals surface area (Å²) < 4.78 is 12.1. The van der Waals surface area contributed by atoms with E-state index in [1.807, 2.05) is 0 Å². The van der Waals surface area contributed by atoms with Gasteiger partial charge in [0.15, 0.2) is 5.78 Å². The Morgan fingerprint density at radius 1 is 1.44 bits per heavy atom. The molecule has 0 aromatic carbocycles. The molecule has 0 spiro atoms. The van der Waals surface area contributed by atoms with Crippen molar-refractivity contribution in [2.24, 2.45) is 0 Å². The zero-order valence-electron chi connectivity index (χ0n) is 15.8. The predicted octanol–water partition coefficient (Wildman–Crippen LogP) is 1.95. The van der Waals surface area contributed by atoms with Gasteiger partial charge in [-0.3, -0.25) is 4.79 Å². The third-order valence-corrected chi connectivity index (χ3v) is 5.70. The fourth-order valence-electron chi connectivity index (χ4n) is 3.20. The number of tetrazole rings is 1. The molecule has 2 atom stereocenters. The summed E-state index contributed by atoms with van der Waals surface area (Å²) in [5.74, 6) is -0.580.